The van der Waals surface area contributed by atoms with Crippen LogP contribution >= 0.6 is 0 Å². The quantitative estimate of drug-likeness (QED) is 0.557. The predicted octanol–water partition coefficient (Wildman–Crippen LogP) is 3.33. The van der Waals surface area contributed by atoms with E-state index in [9.17, 15) is 19.7 Å². The topological polar surface area (TPSA) is 113 Å². The predicted molar refractivity (Wildman–Crippen MR) is 105 cm³/mol. The molecule has 0 aliphatic carbocycles. The van der Waals surface area contributed by atoms with Crippen molar-refractivity contribution in [2.75, 3.05) is 5.32 Å². The molecule has 8 heteroatoms. The Labute approximate surface area is 161 Å². The molecule has 1 heterocycles. The Hall–Kier alpha value is -3.68. The minimum absolute atomic E-state index is 0.121. The smallest absolute Gasteiger partial charge is 0.319 e. The molecule has 3 amide bonds. The van der Waals surface area contributed by atoms with Crippen LogP contribution in [0.15, 0.2) is 54.7 Å². The molecule has 2 aromatic rings. The number of aryl methyl sites for hydroxylation is 1. The van der Waals surface area contributed by atoms with Gasteiger partial charge in [-0.1, -0.05) is 30.8 Å². The highest BCUT2D eigenvalue weighted by atomic mass is 16.6. The maximum atomic E-state index is 13.1. The van der Waals surface area contributed by atoms with E-state index in [4.69, 9.17) is 0 Å². The van der Waals surface area contributed by atoms with E-state index in [0.29, 0.717) is 11.3 Å². The third-order valence-electron chi connectivity index (χ3n) is 4.85. The first kappa shape index (κ1) is 19.1. The van der Waals surface area contributed by atoms with Gasteiger partial charge < -0.3 is 16.0 Å². The van der Waals surface area contributed by atoms with Crippen molar-refractivity contribution in [3.63, 3.8) is 0 Å². The number of amides is 3. The number of carbonyl (C=O) groups is 2. The number of nitro benzene ring substituents is 1. The van der Waals surface area contributed by atoms with Crippen LogP contribution in [-0.4, -0.2) is 16.9 Å². The molecule has 1 aliphatic heterocycles. The van der Waals surface area contributed by atoms with Crippen LogP contribution in [0.3, 0.4) is 0 Å². The molecule has 0 unspecified atom stereocenters. The van der Waals surface area contributed by atoms with E-state index < -0.39 is 22.9 Å². The van der Waals surface area contributed by atoms with E-state index in [2.05, 4.69) is 22.5 Å². The van der Waals surface area contributed by atoms with E-state index in [0.717, 1.165) is 11.1 Å². The van der Waals surface area contributed by atoms with E-state index in [1.165, 1.54) is 18.2 Å². The first-order chi connectivity index (χ1) is 13.3. The molecule has 0 spiro atoms. The van der Waals surface area contributed by atoms with Gasteiger partial charge in [-0.15, -0.1) is 0 Å². The highest BCUT2D eigenvalue weighted by Crippen LogP contribution is 2.32. The van der Waals surface area contributed by atoms with Crippen molar-refractivity contribution in [2.45, 2.75) is 19.9 Å². The zero-order valence-corrected chi connectivity index (χ0v) is 15.5. The summed E-state index contributed by atoms with van der Waals surface area (Å²) in [6.45, 7) is 7.66. The number of rotatable bonds is 4. The Morgan fingerprint density at radius 3 is 2.64 bits per heavy atom. The highest BCUT2D eigenvalue weighted by Gasteiger charge is 2.38. The standard InChI is InChI=1S/C20H20N4O4/c1-11-6-4-9-16(12(11)2)22-19(25)17-13(3)21-20(26)23-18(17)14-7-5-8-15(10-14)24(27)28/h4-10,17-18H,3H2,1-2H3,(H,22,25)(H2,21,23,26)/t17-,18+/m0/s1. The molecule has 0 radical (unpaired) electrons. The summed E-state index contributed by atoms with van der Waals surface area (Å²) in [6.07, 6.45) is 0. The summed E-state index contributed by atoms with van der Waals surface area (Å²) in [5.41, 5.74) is 3.18. The lowest BCUT2D eigenvalue weighted by Gasteiger charge is -2.34. The molecular weight excluding hydrogens is 360 g/mol. The number of nitrogens with one attached hydrogen (secondary N) is 3. The van der Waals surface area contributed by atoms with Crippen LogP contribution in [0.2, 0.25) is 0 Å². The van der Waals surface area contributed by atoms with Gasteiger partial charge in [0.25, 0.3) is 5.69 Å². The Balaban J connectivity index is 1.95. The second kappa shape index (κ2) is 7.51. The molecule has 2 aromatic carbocycles. The van der Waals surface area contributed by atoms with Crippen LogP contribution in [0.5, 0.6) is 0 Å². The molecule has 2 atom stereocenters. The molecular formula is C20H20N4O4. The molecule has 3 N–H and O–H groups in total. The summed E-state index contributed by atoms with van der Waals surface area (Å²) in [5.74, 6) is -1.22. The van der Waals surface area contributed by atoms with Crippen molar-refractivity contribution in [1.29, 1.82) is 0 Å². The van der Waals surface area contributed by atoms with Gasteiger partial charge in [0.1, 0.15) is 5.92 Å². The van der Waals surface area contributed by atoms with Crippen LogP contribution in [-0.2, 0) is 4.79 Å². The minimum atomic E-state index is -0.848. The van der Waals surface area contributed by atoms with Gasteiger partial charge >= 0.3 is 6.03 Å². The van der Waals surface area contributed by atoms with Gasteiger partial charge in [-0.05, 0) is 36.6 Å². The van der Waals surface area contributed by atoms with Gasteiger partial charge in [-0.25, -0.2) is 4.79 Å². The first-order valence-electron chi connectivity index (χ1n) is 8.65. The van der Waals surface area contributed by atoms with Gasteiger partial charge in [-0.2, -0.15) is 0 Å². The van der Waals surface area contributed by atoms with E-state index in [1.54, 1.807) is 12.1 Å². The van der Waals surface area contributed by atoms with Crippen LogP contribution in [0.25, 0.3) is 0 Å². The number of carbonyl (C=O) groups excluding carboxylic acids is 2. The van der Waals surface area contributed by atoms with Gasteiger partial charge in [0.15, 0.2) is 0 Å². The molecule has 144 valence electrons. The highest BCUT2D eigenvalue weighted by molar-refractivity contribution is 5.97. The lowest BCUT2D eigenvalue weighted by molar-refractivity contribution is -0.384. The fourth-order valence-corrected chi connectivity index (χ4v) is 3.20. The average molecular weight is 380 g/mol. The van der Waals surface area contributed by atoms with Gasteiger partial charge in [0.2, 0.25) is 5.91 Å². The number of anilines is 1. The van der Waals surface area contributed by atoms with Crippen LogP contribution in [0.1, 0.15) is 22.7 Å². The summed E-state index contributed by atoms with van der Waals surface area (Å²) in [4.78, 5) is 35.6. The fraction of sp³-hybridized carbons (Fsp3) is 0.200. The summed E-state index contributed by atoms with van der Waals surface area (Å²) >= 11 is 0. The third-order valence-corrected chi connectivity index (χ3v) is 4.85. The lowest BCUT2D eigenvalue weighted by Crippen LogP contribution is -2.51. The first-order valence-corrected chi connectivity index (χ1v) is 8.65. The third kappa shape index (κ3) is 3.71. The minimum Gasteiger partial charge on any atom is -0.330 e. The van der Waals surface area contributed by atoms with Gasteiger partial charge in [0, 0.05) is 23.5 Å². The second-order valence-electron chi connectivity index (χ2n) is 6.67. The summed E-state index contributed by atoms with van der Waals surface area (Å²) in [7, 11) is 0. The number of hydrogen-bond acceptors (Lipinski definition) is 4. The van der Waals surface area contributed by atoms with E-state index in [-0.39, 0.29) is 17.3 Å². The Bertz CT molecular complexity index is 986. The Kier molecular flexibility index (Phi) is 5.12. The molecule has 1 fully saturated rings. The molecule has 0 saturated carbocycles. The van der Waals surface area contributed by atoms with Gasteiger partial charge in [0.05, 0.1) is 11.0 Å². The van der Waals surface area contributed by atoms with Crippen molar-refractivity contribution in [1.82, 2.24) is 10.6 Å². The SMILES string of the molecule is C=C1NC(=O)N[C@H](c2cccc([N+](=O)[O-])c2)[C@H]1C(=O)Nc1cccc(C)c1C. The number of nitro groups is 1. The number of hydrogen-bond donors (Lipinski definition) is 3. The van der Waals surface area contributed by atoms with Gasteiger partial charge in [-0.3, -0.25) is 14.9 Å². The molecule has 28 heavy (non-hydrogen) atoms. The number of benzene rings is 2. The number of nitrogens with zero attached hydrogens (tertiary/aromatic N) is 1. The molecule has 1 aliphatic rings. The van der Waals surface area contributed by atoms with E-state index >= 15 is 0 Å². The van der Waals surface area contributed by atoms with Crippen molar-refractivity contribution in [3.05, 3.63) is 81.5 Å². The van der Waals surface area contributed by atoms with Crippen LogP contribution in [0.4, 0.5) is 16.2 Å². The van der Waals surface area contributed by atoms with Crippen molar-refractivity contribution in [2.24, 2.45) is 5.92 Å². The zero-order chi connectivity index (χ0) is 20.4. The zero-order valence-electron chi connectivity index (χ0n) is 15.5. The monoisotopic (exact) mass is 380 g/mol. The maximum absolute atomic E-state index is 13.1. The summed E-state index contributed by atoms with van der Waals surface area (Å²) in [5, 5.41) is 19.2. The molecule has 1 saturated heterocycles. The van der Waals surface area contributed by atoms with E-state index in [1.807, 2.05) is 26.0 Å². The Morgan fingerprint density at radius 1 is 1.21 bits per heavy atom. The summed E-state index contributed by atoms with van der Waals surface area (Å²) in [6, 6.07) is 10.1. The van der Waals surface area contributed by atoms with Crippen LogP contribution in [0, 0.1) is 29.9 Å². The number of non-ortho nitro benzene ring substituents is 1. The Morgan fingerprint density at radius 2 is 1.93 bits per heavy atom. The molecule has 0 aromatic heterocycles. The van der Waals surface area contributed by atoms with Crippen LogP contribution < -0.4 is 16.0 Å². The molecule has 8 nitrogen and oxygen atoms in total. The maximum Gasteiger partial charge on any atom is 0.319 e. The van der Waals surface area contributed by atoms with Crippen molar-refractivity contribution >= 4 is 23.3 Å². The summed E-state index contributed by atoms with van der Waals surface area (Å²) < 4.78 is 0. The van der Waals surface area contributed by atoms with Crippen molar-refractivity contribution in [3.8, 4) is 0 Å². The average Bonchev–Trinajstić information content (AvgIpc) is 2.64. The number of urea groups is 1. The van der Waals surface area contributed by atoms with Crippen molar-refractivity contribution < 1.29 is 14.5 Å². The second-order valence-corrected chi connectivity index (χ2v) is 6.67. The normalized spacial score (nSPS) is 18.8. The molecule has 0 bridgehead atoms. The lowest BCUT2D eigenvalue weighted by atomic mass is 9.88. The fourth-order valence-electron chi connectivity index (χ4n) is 3.20. The largest absolute Gasteiger partial charge is 0.330 e. The molecule has 3 rings (SSSR count).